The Morgan fingerprint density at radius 3 is 2.75 bits per heavy atom. The average molecular weight is 160 g/mol. The number of hydrogen-bond donors (Lipinski definition) is 1. The van der Waals surface area contributed by atoms with Gasteiger partial charge in [-0.1, -0.05) is 5.92 Å². The van der Waals surface area contributed by atoms with Crippen molar-refractivity contribution in [3.8, 4) is 12.3 Å². The summed E-state index contributed by atoms with van der Waals surface area (Å²) in [5.41, 5.74) is 6.80. The van der Waals surface area contributed by atoms with Gasteiger partial charge >= 0.3 is 0 Å². The van der Waals surface area contributed by atoms with Crippen molar-refractivity contribution in [2.45, 2.75) is 18.9 Å². The van der Waals surface area contributed by atoms with Crippen LogP contribution in [-0.4, -0.2) is 11.0 Å². The fourth-order valence-corrected chi connectivity index (χ4v) is 0.955. The zero-order chi connectivity index (χ0) is 8.81. The number of hydrogen-bond acceptors (Lipinski definition) is 2. The molecule has 1 aromatic rings. The number of aromatic nitrogens is 1. The van der Waals surface area contributed by atoms with Gasteiger partial charge in [-0.15, -0.1) is 6.42 Å². The molecule has 1 heterocycles. The van der Waals surface area contributed by atoms with Crippen LogP contribution in [-0.2, 0) is 6.42 Å². The molecule has 0 aliphatic carbocycles. The third-order valence-electron chi connectivity index (χ3n) is 1.71. The Morgan fingerprint density at radius 1 is 1.50 bits per heavy atom. The highest BCUT2D eigenvalue weighted by Gasteiger charge is 1.97. The third-order valence-corrected chi connectivity index (χ3v) is 1.71. The van der Waals surface area contributed by atoms with Gasteiger partial charge in [0.25, 0.3) is 0 Å². The highest BCUT2D eigenvalue weighted by Crippen LogP contribution is 2.01. The summed E-state index contributed by atoms with van der Waals surface area (Å²) in [7, 11) is 0. The summed E-state index contributed by atoms with van der Waals surface area (Å²) in [5.74, 6) is 2.50. The van der Waals surface area contributed by atoms with Crippen LogP contribution in [0.2, 0.25) is 0 Å². The Kier molecular flexibility index (Phi) is 3.31. The number of nitrogens with two attached hydrogens (primary N) is 1. The summed E-state index contributed by atoms with van der Waals surface area (Å²) in [6.07, 6.45) is 10.5. The highest BCUT2D eigenvalue weighted by molar-refractivity contribution is 5.11. The molecule has 0 saturated heterocycles. The molecule has 0 aromatic carbocycles. The van der Waals surface area contributed by atoms with E-state index in [4.69, 9.17) is 12.2 Å². The summed E-state index contributed by atoms with van der Waals surface area (Å²) < 4.78 is 0. The zero-order valence-corrected chi connectivity index (χ0v) is 6.90. The van der Waals surface area contributed by atoms with Gasteiger partial charge in [-0.05, 0) is 30.5 Å². The van der Waals surface area contributed by atoms with Gasteiger partial charge in [0.15, 0.2) is 0 Å². The number of rotatable bonds is 3. The van der Waals surface area contributed by atoms with Crippen LogP contribution in [0.5, 0.6) is 0 Å². The molecule has 0 amide bonds. The van der Waals surface area contributed by atoms with Gasteiger partial charge in [-0.2, -0.15) is 0 Å². The van der Waals surface area contributed by atoms with Crippen LogP contribution in [0, 0.1) is 12.3 Å². The molecule has 1 atom stereocenters. The van der Waals surface area contributed by atoms with Gasteiger partial charge < -0.3 is 5.73 Å². The van der Waals surface area contributed by atoms with Gasteiger partial charge in [0.05, 0.1) is 6.04 Å². The van der Waals surface area contributed by atoms with E-state index in [-0.39, 0.29) is 6.04 Å². The smallest absolute Gasteiger partial charge is 0.0665 e. The Balaban J connectivity index is 2.40. The summed E-state index contributed by atoms with van der Waals surface area (Å²) in [5, 5.41) is 0. The maximum Gasteiger partial charge on any atom is 0.0665 e. The van der Waals surface area contributed by atoms with Crippen molar-refractivity contribution in [1.82, 2.24) is 4.98 Å². The lowest BCUT2D eigenvalue weighted by Gasteiger charge is -2.02. The van der Waals surface area contributed by atoms with Crippen molar-refractivity contribution in [1.29, 1.82) is 0 Å². The minimum atomic E-state index is -0.127. The molecule has 0 bridgehead atoms. The van der Waals surface area contributed by atoms with Crippen LogP contribution in [0.25, 0.3) is 0 Å². The lowest BCUT2D eigenvalue weighted by Crippen LogP contribution is -2.17. The number of aryl methyl sites for hydroxylation is 1. The second-order valence-electron chi connectivity index (χ2n) is 2.67. The van der Waals surface area contributed by atoms with Crippen LogP contribution in [0.1, 0.15) is 12.0 Å². The summed E-state index contributed by atoms with van der Waals surface area (Å²) in [6.45, 7) is 0. The Hall–Kier alpha value is -1.33. The molecule has 2 heteroatoms. The van der Waals surface area contributed by atoms with Crippen LogP contribution in [0.3, 0.4) is 0 Å². The van der Waals surface area contributed by atoms with Crippen molar-refractivity contribution >= 4 is 0 Å². The molecule has 62 valence electrons. The number of pyridine rings is 1. The normalized spacial score (nSPS) is 12.0. The second-order valence-corrected chi connectivity index (χ2v) is 2.67. The molecule has 2 nitrogen and oxygen atoms in total. The zero-order valence-electron chi connectivity index (χ0n) is 6.90. The standard InChI is InChI=1S/C10H12N2/c1-2-10(11)4-3-9-5-7-12-8-6-9/h1,5-8,10H,3-4,11H2. The van der Waals surface area contributed by atoms with Crippen LogP contribution < -0.4 is 5.73 Å². The predicted octanol–water partition coefficient (Wildman–Crippen LogP) is 0.975. The predicted molar refractivity (Wildman–Crippen MR) is 49.4 cm³/mol. The van der Waals surface area contributed by atoms with E-state index in [2.05, 4.69) is 10.9 Å². The van der Waals surface area contributed by atoms with Crippen molar-refractivity contribution < 1.29 is 0 Å². The summed E-state index contributed by atoms with van der Waals surface area (Å²) in [4.78, 5) is 3.92. The molecule has 12 heavy (non-hydrogen) atoms. The molecule has 0 fully saturated rings. The maximum absolute atomic E-state index is 5.57. The molecule has 1 unspecified atom stereocenters. The average Bonchev–Trinajstić information content (AvgIpc) is 2.16. The SMILES string of the molecule is C#CC(N)CCc1ccncc1. The highest BCUT2D eigenvalue weighted by atomic mass is 14.6. The van der Waals surface area contributed by atoms with Crippen molar-refractivity contribution in [3.05, 3.63) is 30.1 Å². The van der Waals surface area contributed by atoms with E-state index in [9.17, 15) is 0 Å². The van der Waals surface area contributed by atoms with E-state index in [1.54, 1.807) is 12.4 Å². The lowest BCUT2D eigenvalue weighted by atomic mass is 10.1. The fraction of sp³-hybridized carbons (Fsp3) is 0.300. The van der Waals surface area contributed by atoms with Gasteiger partial charge in [0, 0.05) is 12.4 Å². The minimum absolute atomic E-state index is 0.127. The van der Waals surface area contributed by atoms with Crippen LogP contribution in [0.4, 0.5) is 0 Å². The Bertz CT molecular complexity index is 261. The summed E-state index contributed by atoms with van der Waals surface area (Å²) >= 11 is 0. The molecule has 0 spiro atoms. The largest absolute Gasteiger partial charge is 0.318 e. The topological polar surface area (TPSA) is 38.9 Å². The molecular formula is C10H12N2. The first-order valence-electron chi connectivity index (χ1n) is 3.93. The quantitative estimate of drug-likeness (QED) is 0.669. The van der Waals surface area contributed by atoms with Gasteiger partial charge in [-0.25, -0.2) is 0 Å². The first kappa shape index (κ1) is 8.76. The first-order valence-corrected chi connectivity index (χ1v) is 3.93. The molecule has 1 aromatic heterocycles. The second kappa shape index (κ2) is 4.53. The molecule has 0 saturated carbocycles. The van der Waals surface area contributed by atoms with E-state index in [0.717, 1.165) is 12.8 Å². The summed E-state index contributed by atoms with van der Waals surface area (Å²) in [6, 6.07) is 3.82. The Morgan fingerprint density at radius 2 is 2.17 bits per heavy atom. The molecule has 0 aliphatic heterocycles. The molecule has 2 N–H and O–H groups in total. The molecule has 1 rings (SSSR count). The number of terminal acetylenes is 1. The van der Waals surface area contributed by atoms with Gasteiger partial charge in [-0.3, -0.25) is 4.98 Å². The van der Waals surface area contributed by atoms with E-state index in [0.29, 0.717) is 0 Å². The minimum Gasteiger partial charge on any atom is -0.318 e. The third kappa shape index (κ3) is 2.73. The van der Waals surface area contributed by atoms with Crippen LogP contribution >= 0.6 is 0 Å². The molecular weight excluding hydrogens is 148 g/mol. The van der Waals surface area contributed by atoms with E-state index in [1.807, 2.05) is 12.1 Å². The van der Waals surface area contributed by atoms with Gasteiger partial charge in [0.1, 0.15) is 0 Å². The maximum atomic E-state index is 5.57. The number of nitrogens with zero attached hydrogens (tertiary/aromatic N) is 1. The van der Waals surface area contributed by atoms with E-state index >= 15 is 0 Å². The fourth-order valence-electron chi connectivity index (χ4n) is 0.955. The van der Waals surface area contributed by atoms with Crippen molar-refractivity contribution in [3.63, 3.8) is 0 Å². The molecule has 0 aliphatic rings. The first-order chi connectivity index (χ1) is 5.83. The van der Waals surface area contributed by atoms with Crippen molar-refractivity contribution in [2.75, 3.05) is 0 Å². The van der Waals surface area contributed by atoms with Crippen LogP contribution in [0.15, 0.2) is 24.5 Å². The van der Waals surface area contributed by atoms with Crippen molar-refractivity contribution in [2.24, 2.45) is 5.73 Å². The monoisotopic (exact) mass is 160 g/mol. The molecule has 0 radical (unpaired) electrons. The van der Waals surface area contributed by atoms with E-state index in [1.165, 1.54) is 5.56 Å². The lowest BCUT2D eigenvalue weighted by molar-refractivity contribution is 0.738. The Labute approximate surface area is 72.8 Å². The van der Waals surface area contributed by atoms with E-state index < -0.39 is 0 Å². The van der Waals surface area contributed by atoms with Gasteiger partial charge in [0.2, 0.25) is 0 Å².